The third-order valence-electron chi connectivity index (χ3n) is 2.14. The Labute approximate surface area is 82.2 Å². The van der Waals surface area contributed by atoms with Gasteiger partial charge in [0.05, 0.1) is 0 Å². The number of fused-ring (bicyclic) bond motifs is 1. The van der Waals surface area contributed by atoms with Crippen molar-refractivity contribution in [1.29, 1.82) is 0 Å². The Morgan fingerprint density at radius 1 is 1.14 bits per heavy atom. The van der Waals surface area contributed by atoms with Crippen LogP contribution in [0.15, 0.2) is 24.3 Å². The van der Waals surface area contributed by atoms with Gasteiger partial charge in [-0.15, -0.1) is 0 Å². The predicted molar refractivity (Wildman–Crippen MR) is 53.6 cm³/mol. The van der Waals surface area contributed by atoms with Gasteiger partial charge in [-0.1, -0.05) is 26.0 Å². The van der Waals surface area contributed by atoms with E-state index in [0.29, 0.717) is 0 Å². The van der Waals surface area contributed by atoms with Gasteiger partial charge in [-0.3, -0.25) is 0 Å². The van der Waals surface area contributed by atoms with Crippen molar-refractivity contribution in [3.63, 3.8) is 0 Å². The van der Waals surface area contributed by atoms with Crippen molar-refractivity contribution in [2.75, 3.05) is 0 Å². The zero-order valence-electron chi connectivity index (χ0n) is 8.25. The maximum atomic E-state index is 9.74. The third kappa shape index (κ3) is 1.48. The van der Waals surface area contributed by atoms with Gasteiger partial charge in [0.2, 0.25) is 0 Å². The molecule has 1 unspecified atom stereocenters. The summed E-state index contributed by atoms with van der Waals surface area (Å²) in [7, 11) is 0. The van der Waals surface area contributed by atoms with E-state index in [1.807, 2.05) is 38.1 Å². The van der Waals surface area contributed by atoms with E-state index in [9.17, 15) is 5.11 Å². The molecule has 0 saturated heterocycles. The summed E-state index contributed by atoms with van der Waals surface area (Å²) in [6, 6.07) is 7.57. The summed E-state index contributed by atoms with van der Waals surface area (Å²) < 4.78 is 0. The number of aliphatic hydroxyl groups excluding tert-OH is 1. The fourth-order valence-corrected chi connectivity index (χ4v) is 1.26. The molecule has 0 radical (unpaired) electrons. The number of benzene rings is 1. The van der Waals surface area contributed by atoms with E-state index in [-0.39, 0.29) is 5.92 Å². The molecular weight excluding hydrogens is 178 g/mol. The second kappa shape index (κ2) is 3.38. The first-order valence-electron chi connectivity index (χ1n) is 4.68. The molecular formula is C10H13N3O. The van der Waals surface area contributed by atoms with Gasteiger partial charge in [0.25, 0.3) is 0 Å². The van der Waals surface area contributed by atoms with Crippen LogP contribution in [-0.2, 0) is 0 Å². The first-order valence-corrected chi connectivity index (χ1v) is 4.68. The van der Waals surface area contributed by atoms with Crippen LogP contribution in [0, 0.1) is 5.92 Å². The van der Waals surface area contributed by atoms with Crippen LogP contribution in [0.25, 0.3) is 11.0 Å². The highest BCUT2D eigenvalue weighted by Gasteiger charge is 2.14. The number of aliphatic hydroxyl groups is 1. The van der Waals surface area contributed by atoms with E-state index in [0.717, 1.165) is 11.0 Å². The molecule has 1 atom stereocenters. The maximum Gasteiger partial charge on any atom is 0.168 e. The number of rotatable bonds is 2. The highest BCUT2D eigenvalue weighted by Crippen LogP contribution is 2.14. The zero-order valence-corrected chi connectivity index (χ0v) is 8.25. The molecule has 2 rings (SSSR count). The SMILES string of the molecule is CC(C)C(O)n1nc2ccccc2n1. The number of hydrogen-bond acceptors (Lipinski definition) is 3. The first kappa shape index (κ1) is 9.15. The highest BCUT2D eigenvalue weighted by molar-refractivity contribution is 5.72. The quantitative estimate of drug-likeness (QED) is 0.784. The topological polar surface area (TPSA) is 50.9 Å². The first-order chi connectivity index (χ1) is 6.68. The Morgan fingerprint density at radius 3 is 2.07 bits per heavy atom. The van der Waals surface area contributed by atoms with Gasteiger partial charge in [0, 0.05) is 5.92 Å². The molecule has 0 amide bonds. The molecule has 2 aromatic rings. The van der Waals surface area contributed by atoms with Crippen LogP contribution in [0.2, 0.25) is 0 Å². The molecule has 0 aliphatic carbocycles. The molecule has 0 aliphatic heterocycles. The second-order valence-electron chi connectivity index (χ2n) is 3.67. The van der Waals surface area contributed by atoms with Crippen molar-refractivity contribution in [3.8, 4) is 0 Å². The standard InChI is InChI=1S/C10H13N3O/c1-7(2)10(14)13-11-8-5-3-4-6-9(8)12-13/h3-7,10,14H,1-2H3. The summed E-state index contributed by atoms with van der Waals surface area (Å²) in [6.45, 7) is 3.86. The van der Waals surface area contributed by atoms with Gasteiger partial charge in [-0.25, -0.2) is 0 Å². The average Bonchev–Trinajstić information content (AvgIpc) is 2.59. The largest absolute Gasteiger partial charge is 0.370 e. The lowest BCUT2D eigenvalue weighted by molar-refractivity contribution is 0.0324. The molecule has 74 valence electrons. The molecule has 1 N–H and O–H groups in total. The summed E-state index contributed by atoms with van der Waals surface area (Å²) in [5.41, 5.74) is 1.62. The molecule has 14 heavy (non-hydrogen) atoms. The molecule has 0 aliphatic rings. The van der Waals surface area contributed by atoms with Crippen molar-refractivity contribution in [2.24, 2.45) is 5.92 Å². The molecule has 1 aromatic heterocycles. The summed E-state index contributed by atoms with van der Waals surface area (Å²) >= 11 is 0. The van der Waals surface area contributed by atoms with Crippen molar-refractivity contribution in [1.82, 2.24) is 15.0 Å². The Kier molecular flexibility index (Phi) is 2.21. The summed E-state index contributed by atoms with van der Waals surface area (Å²) in [6.07, 6.45) is -0.651. The van der Waals surface area contributed by atoms with Gasteiger partial charge in [-0.05, 0) is 12.1 Å². The summed E-state index contributed by atoms with van der Waals surface area (Å²) in [5, 5.41) is 18.1. The minimum Gasteiger partial charge on any atom is -0.370 e. The third-order valence-corrected chi connectivity index (χ3v) is 2.14. The second-order valence-corrected chi connectivity index (χ2v) is 3.67. The zero-order chi connectivity index (χ0) is 10.1. The normalized spacial score (nSPS) is 13.7. The van der Waals surface area contributed by atoms with Crippen LogP contribution in [0.5, 0.6) is 0 Å². The van der Waals surface area contributed by atoms with Gasteiger partial charge in [0.15, 0.2) is 6.23 Å². The fourth-order valence-electron chi connectivity index (χ4n) is 1.26. The predicted octanol–water partition coefficient (Wildman–Crippen LogP) is 1.58. The van der Waals surface area contributed by atoms with Gasteiger partial charge in [0.1, 0.15) is 11.0 Å². The molecule has 4 heteroatoms. The molecule has 1 heterocycles. The van der Waals surface area contributed by atoms with Crippen LogP contribution in [0.1, 0.15) is 20.1 Å². The lowest BCUT2D eigenvalue weighted by Crippen LogP contribution is -2.16. The Morgan fingerprint density at radius 2 is 1.64 bits per heavy atom. The van der Waals surface area contributed by atoms with Crippen molar-refractivity contribution < 1.29 is 5.11 Å². The average molecular weight is 191 g/mol. The number of nitrogens with zero attached hydrogens (tertiary/aromatic N) is 3. The van der Waals surface area contributed by atoms with E-state index in [4.69, 9.17) is 0 Å². The van der Waals surface area contributed by atoms with Crippen LogP contribution in [0.3, 0.4) is 0 Å². The molecule has 0 bridgehead atoms. The summed E-state index contributed by atoms with van der Waals surface area (Å²) in [4.78, 5) is 1.37. The number of hydrogen-bond donors (Lipinski definition) is 1. The van der Waals surface area contributed by atoms with Crippen molar-refractivity contribution in [3.05, 3.63) is 24.3 Å². The molecule has 0 spiro atoms. The van der Waals surface area contributed by atoms with E-state index in [1.165, 1.54) is 4.80 Å². The van der Waals surface area contributed by atoms with Crippen LogP contribution in [-0.4, -0.2) is 20.1 Å². The Bertz CT molecular complexity index is 403. The summed E-state index contributed by atoms with van der Waals surface area (Å²) in [5.74, 6) is 0.108. The monoisotopic (exact) mass is 191 g/mol. The fraction of sp³-hybridized carbons (Fsp3) is 0.400. The maximum absolute atomic E-state index is 9.74. The van der Waals surface area contributed by atoms with Crippen LogP contribution in [0.4, 0.5) is 0 Å². The van der Waals surface area contributed by atoms with E-state index >= 15 is 0 Å². The molecule has 1 aromatic carbocycles. The Hall–Kier alpha value is -1.42. The van der Waals surface area contributed by atoms with Gasteiger partial charge >= 0.3 is 0 Å². The van der Waals surface area contributed by atoms with Crippen molar-refractivity contribution in [2.45, 2.75) is 20.1 Å². The minimum absolute atomic E-state index is 0.108. The lowest BCUT2D eigenvalue weighted by atomic mass is 10.2. The van der Waals surface area contributed by atoms with Gasteiger partial charge in [-0.2, -0.15) is 15.0 Å². The molecule has 0 saturated carbocycles. The lowest BCUT2D eigenvalue weighted by Gasteiger charge is -2.12. The molecule has 0 fully saturated rings. The van der Waals surface area contributed by atoms with Crippen molar-refractivity contribution >= 4 is 11.0 Å². The number of aromatic nitrogens is 3. The highest BCUT2D eigenvalue weighted by atomic mass is 16.3. The Balaban J connectivity index is 2.45. The van der Waals surface area contributed by atoms with E-state index in [1.54, 1.807) is 0 Å². The minimum atomic E-state index is -0.651. The van der Waals surface area contributed by atoms with Crippen LogP contribution >= 0.6 is 0 Å². The molecule has 4 nitrogen and oxygen atoms in total. The van der Waals surface area contributed by atoms with E-state index < -0.39 is 6.23 Å². The van der Waals surface area contributed by atoms with Crippen LogP contribution < -0.4 is 0 Å². The van der Waals surface area contributed by atoms with Gasteiger partial charge < -0.3 is 5.11 Å². The van der Waals surface area contributed by atoms with E-state index in [2.05, 4.69) is 10.2 Å². The smallest absolute Gasteiger partial charge is 0.168 e.